The summed E-state index contributed by atoms with van der Waals surface area (Å²) in [4.78, 5) is 30.1. The number of anilines is 2. The number of nitrogens with zero attached hydrogens (tertiary/aromatic N) is 2. The van der Waals surface area contributed by atoms with Crippen LogP contribution in [0.1, 0.15) is 21.5 Å². The molecule has 33 heavy (non-hydrogen) atoms. The van der Waals surface area contributed by atoms with Crippen molar-refractivity contribution in [3.05, 3.63) is 95.6 Å². The number of hydrogen-bond acceptors (Lipinski definition) is 5. The number of ketones is 1. The van der Waals surface area contributed by atoms with Gasteiger partial charge in [0.25, 0.3) is 0 Å². The molecule has 0 bridgehead atoms. The standard InChI is InChI=1S/C27H29N3O3/c1-29(19-22-11-5-8-14-25(22)30-15-17-33-18-16-30)20-26(31)28-24-13-7-6-12-23(24)27(32)21-9-3-2-4-10-21/h2-14H,15-20H2,1H3,(H,28,31). The van der Waals surface area contributed by atoms with Crippen LogP contribution in [0.15, 0.2) is 78.9 Å². The van der Waals surface area contributed by atoms with E-state index in [1.165, 1.54) is 11.3 Å². The molecule has 0 spiro atoms. The van der Waals surface area contributed by atoms with Crippen molar-refractivity contribution < 1.29 is 14.3 Å². The molecule has 1 amide bonds. The largest absolute Gasteiger partial charge is 0.378 e. The van der Waals surface area contributed by atoms with Crippen LogP contribution in [0.2, 0.25) is 0 Å². The monoisotopic (exact) mass is 443 g/mol. The minimum absolute atomic E-state index is 0.112. The molecule has 0 unspecified atom stereocenters. The van der Waals surface area contributed by atoms with Gasteiger partial charge in [0.15, 0.2) is 5.78 Å². The molecule has 0 aromatic heterocycles. The van der Waals surface area contributed by atoms with E-state index < -0.39 is 0 Å². The van der Waals surface area contributed by atoms with E-state index >= 15 is 0 Å². The lowest BCUT2D eigenvalue weighted by atomic mass is 10.0. The fourth-order valence-electron chi connectivity index (χ4n) is 4.07. The van der Waals surface area contributed by atoms with E-state index in [0.29, 0.717) is 23.4 Å². The van der Waals surface area contributed by atoms with Gasteiger partial charge in [0.05, 0.1) is 25.4 Å². The second-order valence-corrected chi connectivity index (χ2v) is 8.19. The van der Waals surface area contributed by atoms with Crippen molar-refractivity contribution in [3.8, 4) is 0 Å². The lowest BCUT2D eigenvalue weighted by Crippen LogP contribution is -2.37. The smallest absolute Gasteiger partial charge is 0.238 e. The molecule has 1 aliphatic rings. The van der Waals surface area contributed by atoms with Gasteiger partial charge in [-0.05, 0) is 30.8 Å². The van der Waals surface area contributed by atoms with E-state index in [-0.39, 0.29) is 18.2 Å². The number of benzene rings is 3. The van der Waals surface area contributed by atoms with Gasteiger partial charge in [-0.2, -0.15) is 0 Å². The van der Waals surface area contributed by atoms with Crippen LogP contribution in [0.25, 0.3) is 0 Å². The first kappa shape index (κ1) is 22.7. The lowest BCUT2D eigenvalue weighted by molar-refractivity contribution is -0.117. The molecule has 1 saturated heterocycles. The predicted octanol–water partition coefficient (Wildman–Crippen LogP) is 3.82. The maximum absolute atomic E-state index is 12.9. The van der Waals surface area contributed by atoms with E-state index in [2.05, 4.69) is 22.3 Å². The minimum atomic E-state index is -0.158. The molecule has 4 rings (SSSR count). The van der Waals surface area contributed by atoms with Gasteiger partial charge >= 0.3 is 0 Å². The molecule has 6 nitrogen and oxygen atoms in total. The highest BCUT2D eigenvalue weighted by atomic mass is 16.5. The summed E-state index contributed by atoms with van der Waals surface area (Å²) >= 11 is 0. The summed E-state index contributed by atoms with van der Waals surface area (Å²) in [6, 6.07) is 24.5. The molecule has 3 aromatic carbocycles. The van der Waals surface area contributed by atoms with Gasteiger partial charge in [0.2, 0.25) is 5.91 Å². The second kappa shape index (κ2) is 10.9. The summed E-state index contributed by atoms with van der Waals surface area (Å²) in [5.41, 5.74) is 3.97. The van der Waals surface area contributed by atoms with Crippen molar-refractivity contribution in [1.82, 2.24) is 4.90 Å². The van der Waals surface area contributed by atoms with Gasteiger partial charge in [-0.25, -0.2) is 0 Å². The van der Waals surface area contributed by atoms with Crippen LogP contribution in [0.3, 0.4) is 0 Å². The Kier molecular flexibility index (Phi) is 7.50. The molecule has 1 N–H and O–H groups in total. The number of amides is 1. The Balaban J connectivity index is 1.41. The summed E-state index contributed by atoms with van der Waals surface area (Å²) in [7, 11) is 1.93. The maximum Gasteiger partial charge on any atom is 0.238 e. The zero-order chi connectivity index (χ0) is 23.0. The zero-order valence-corrected chi connectivity index (χ0v) is 18.9. The molecule has 1 heterocycles. The van der Waals surface area contributed by atoms with E-state index in [0.717, 1.165) is 26.3 Å². The van der Waals surface area contributed by atoms with Crippen molar-refractivity contribution in [2.24, 2.45) is 0 Å². The van der Waals surface area contributed by atoms with Crippen molar-refractivity contribution in [3.63, 3.8) is 0 Å². The number of hydrogen-bond donors (Lipinski definition) is 1. The van der Waals surface area contributed by atoms with Crippen molar-refractivity contribution in [2.45, 2.75) is 6.54 Å². The highest BCUT2D eigenvalue weighted by molar-refractivity contribution is 6.13. The average molecular weight is 444 g/mol. The second-order valence-electron chi connectivity index (χ2n) is 8.19. The van der Waals surface area contributed by atoms with E-state index in [9.17, 15) is 9.59 Å². The van der Waals surface area contributed by atoms with Gasteiger partial charge in [-0.1, -0.05) is 60.7 Å². The molecular formula is C27H29N3O3. The first-order valence-corrected chi connectivity index (χ1v) is 11.2. The van der Waals surface area contributed by atoms with E-state index in [1.807, 2.05) is 48.3 Å². The van der Waals surface area contributed by atoms with Crippen molar-refractivity contribution in [1.29, 1.82) is 0 Å². The Morgan fingerprint density at radius 1 is 0.909 bits per heavy atom. The average Bonchev–Trinajstić information content (AvgIpc) is 2.85. The molecule has 0 saturated carbocycles. The normalized spacial score (nSPS) is 13.7. The molecule has 6 heteroatoms. The number of carbonyl (C=O) groups excluding carboxylic acids is 2. The molecule has 0 radical (unpaired) electrons. The third-order valence-electron chi connectivity index (χ3n) is 5.68. The van der Waals surface area contributed by atoms with Gasteiger partial charge in [-0.15, -0.1) is 0 Å². The van der Waals surface area contributed by atoms with Gasteiger partial charge < -0.3 is 15.0 Å². The van der Waals surface area contributed by atoms with Gasteiger partial charge in [0.1, 0.15) is 0 Å². The fourth-order valence-corrected chi connectivity index (χ4v) is 4.07. The molecule has 170 valence electrons. The number of likely N-dealkylation sites (N-methyl/N-ethyl adjacent to an activating group) is 1. The number of morpholine rings is 1. The Bertz CT molecular complexity index is 1090. The van der Waals surface area contributed by atoms with Crippen LogP contribution in [0.5, 0.6) is 0 Å². The number of carbonyl (C=O) groups is 2. The summed E-state index contributed by atoms with van der Waals surface area (Å²) in [6.07, 6.45) is 0. The molecule has 3 aromatic rings. The number of para-hydroxylation sites is 2. The Labute approximate surface area is 194 Å². The predicted molar refractivity (Wildman–Crippen MR) is 131 cm³/mol. The van der Waals surface area contributed by atoms with Crippen LogP contribution >= 0.6 is 0 Å². The molecule has 0 atom stereocenters. The van der Waals surface area contributed by atoms with E-state index in [1.54, 1.807) is 30.3 Å². The van der Waals surface area contributed by atoms with Crippen LogP contribution in [0.4, 0.5) is 11.4 Å². The SMILES string of the molecule is CN(CC(=O)Nc1ccccc1C(=O)c1ccccc1)Cc1ccccc1N1CCOCC1. The van der Waals surface area contributed by atoms with Crippen LogP contribution < -0.4 is 10.2 Å². The molecule has 1 fully saturated rings. The first-order valence-electron chi connectivity index (χ1n) is 11.2. The quantitative estimate of drug-likeness (QED) is 0.536. The van der Waals surface area contributed by atoms with Gasteiger partial charge in [0, 0.05) is 36.4 Å². The third-order valence-corrected chi connectivity index (χ3v) is 5.68. The third kappa shape index (κ3) is 5.86. The zero-order valence-electron chi connectivity index (χ0n) is 18.9. The lowest BCUT2D eigenvalue weighted by Gasteiger charge is -2.31. The van der Waals surface area contributed by atoms with E-state index in [4.69, 9.17) is 4.74 Å². The number of ether oxygens (including phenoxy) is 1. The van der Waals surface area contributed by atoms with Crippen LogP contribution in [-0.2, 0) is 16.1 Å². The summed E-state index contributed by atoms with van der Waals surface area (Å²) < 4.78 is 5.48. The number of nitrogens with one attached hydrogen (secondary N) is 1. The molecule has 0 aliphatic carbocycles. The Morgan fingerprint density at radius 3 is 2.36 bits per heavy atom. The topological polar surface area (TPSA) is 61.9 Å². The summed E-state index contributed by atoms with van der Waals surface area (Å²) in [6.45, 7) is 4.05. The Morgan fingerprint density at radius 2 is 1.58 bits per heavy atom. The van der Waals surface area contributed by atoms with Crippen molar-refractivity contribution in [2.75, 3.05) is 50.1 Å². The minimum Gasteiger partial charge on any atom is -0.378 e. The molecule has 1 aliphatic heterocycles. The summed E-state index contributed by atoms with van der Waals surface area (Å²) in [5, 5.41) is 2.93. The van der Waals surface area contributed by atoms with Crippen molar-refractivity contribution >= 4 is 23.1 Å². The van der Waals surface area contributed by atoms with Gasteiger partial charge in [-0.3, -0.25) is 14.5 Å². The van der Waals surface area contributed by atoms with Crippen LogP contribution in [-0.4, -0.2) is 56.5 Å². The summed E-state index contributed by atoms with van der Waals surface area (Å²) in [5.74, 6) is -0.269. The van der Waals surface area contributed by atoms with Crippen LogP contribution in [0, 0.1) is 0 Å². The fraction of sp³-hybridized carbons (Fsp3) is 0.259. The highest BCUT2D eigenvalue weighted by Crippen LogP contribution is 2.23. The highest BCUT2D eigenvalue weighted by Gasteiger charge is 2.18. The number of rotatable bonds is 8. The molecular weight excluding hydrogens is 414 g/mol. The maximum atomic E-state index is 12.9. The Hall–Kier alpha value is -3.48. The first-order chi connectivity index (χ1) is 16.1.